The maximum Gasteiger partial charge on any atom is 0.0756 e. The van der Waals surface area contributed by atoms with Gasteiger partial charge in [0.2, 0.25) is 0 Å². The number of aliphatic hydroxyl groups excluding tert-OH is 1. The molecule has 1 N–H and O–H groups in total. The zero-order valence-electron chi connectivity index (χ0n) is 5.97. The van der Waals surface area contributed by atoms with E-state index in [0.717, 1.165) is 4.48 Å². The number of aliphatic hydroxyl groups is 1. The highest BCUT2D eigenvalue weighted by Crippen LogP contribution is 2.06. The SMILES string of the molecule is C=C(Br)/C=C\C(=C)C(C)O. The van der Waals surface area contributed by atoms with E-state index in [1.165, 1.54) is 0 Å². The molecule has 0 amide bonds. The summed E-state index contributed by atoms with van der Waals surface area (Å²) in [5.41, 5.74) is 0.681. The average molecular weight is 203 g/mol. The van der Waals surface area contributed by atoms with Gasteiger partial charge in [0, 0.05) is 4.48 Å². The molecular weight excluding hydrogens is 192 g/mol. The predicted octanol–water partition coefficient (Wildman–Crippen LogP) is 2.39. The van der Waals surface area contributed by atoms with Gasteiger partial charge in [-0.05, 0) is 18.6 Å². The van der Waals surface area contributed by atoms with Gasteiger partial charge in [-0.1, -0.05) is 35.2 Å². The lowest BCUT2D eigenvalue weighted by molar-refractivity contribution is 0.236. The van der Waals surface area contributed by atoms with Gasteiger partial charge in [0.05, 0.1) is 6.10 Å². The molecule has 0 spiro atoms. The van der Waals surface area contributed by atoms with Crippen molar-refractivity contribution in [3.8, 4) is 0 Å². The highest BCUT2D eigenvalue weighted by atomic mass is 79.9. The van der Waals surface area contributed by atoms with E-state index in [1.807, 2.05) is 0 Å². The Bertz CT molecular complexity index is 168. The van der Waals surface area contributed by atoms with Crippen LogP contribution in [0.2, 0.25) is 0 Å². The topological polar surface area (TPSA) is 20.2 Å². The molecule has 0 saturated heterocycles. The molecule has 0 radical (unpaired) electrons. The Morgan fingerprint density at radius 1 is 1.50 bits per heavy atom. The van der Waals surface area contributed by atoms with E-state index in [9.17, 15) is 0 Å². The molecule has 0 aliphatic heterocycles. The maximum atomic E-state index is 8.94. The van der Waals surface area contributed by atoms with Crippen LogP contribution >= 0.6 is 15.9 Å². The first-order valence-corrected chi connectivity index (χ1v) is 3.72. The van der Waals surface area contributed by atoms with Crippen molar-refractivity contribution in [3.05, 3.63) is 35.4 Å². The fourth-order valence-electron chi connectivity index (χ4n) is 0.337. The third-order valence-electron chi connectivity index (χ3n) is 1.01. The Morgan fingerprint density at radius 2 is 2.00 bits per heavy atom. The first-order valence-electron chi connectivity index (χ1n) is 2.93. The van der Waals surface area contributed by atoms with Gasteiger partial charge in [-0.3, -0.25) is 0 Å². The van der Waals surface area contributed by atoms with Crippen LogP contribution in [0.15, 0.2) is 35.4 Å². The van der Waals surface area contributed by atoms with Crippen LogP contribution in [0, 0.1) is 0 Å². The van der Waals surface area contributed by atoms with Crippen molar-refractivity contribution in [2.45, 2.75) is 13.0 Å². The number of hydrogen-bond donors (Lipinski definition) is 1. The number of allylic oxidation sites excluding steroid dienone is 2. The summed E-state index contributed by atoms with van der Waals surface area (Å²) in [7, 11) is 0. The predicted molar refractivity (Wildman–Crippen MR) is 48.0 cm³/mol. The summed E-state index contributed by atoms with van der Waals surface area (Å²) in [5, 5.41) is 8.94. The molecule has 10 heavy (non-hydrogen) atoms. The number of halogens is 1. The van der Waals surface area contributed by atoms with E-state index in [1.54, 1.807) is 19.1 Å². The van der Waals surface area contributed by atoms with Gasteiger partial charge in [0.1, 0.15) is 0 Å². The Hall–Kier alpha value is -0.340. The second kappa shape index (κ2) is 4.47. The van der Waals surface area contributed by atoms with E-state index >= 15 is 0 Å². The lowest BCUT2D eigenvalue weighted by Gasteiger charge is -2.00. The zero-order valence-corrected chi connectivity index (χ0v) is 7.56. The number of rotatable bonds is 3. The summed E-state index contributed by atoms with van der Waals surface area (Å²) in [5.74, 6) is 0. The molecule has 0 heterocycles. The lowest BCUT2D eigenvalue weighted by atomic mass is 10.2. The van der Waals surface area contributed by atoms with Crippen LogP contribution in [0.5, 0.6) is 0 Å². The molecule has 2 heteroatoms. The second-order valence-electron chi connectivity index (χ2n) is 2.03. The minimum atomic E-state index is -0.483. The highest BCUT2D eigenvalue weighted by Gasteiger charge is 1.94. The normalized spacial score (nSPS) is 13.5. The van der Waals surface area contributed by atoms with Crippen LogP contribution in [0.25, 0.3) is 0 Å². The Morgan fingerprint density at radius 3 is 2.30 bits per heavy atom. The summed E-state index contributed by atoms with van der Waals surface area (Å²) in [4.78, 5) is 0. The lowest BCUT2D eigenvalue weighted by Crippen LogP contribution is -1.99. The van der Waals surface area contributed by atoms with Crippen LogP contribution < -0.4 is 0 Å². The molecule has 0 aromatic rings. The van der Waals surface area contributed by atoms with Crippen molar-refractivity contribution in [1.82, 2.24) is 0 Å². The van der Waals surface area contributed by atoms with Gasteiger partial charge in [-0.25, -0.2) is 0 Å². The van der Waals surface area contributed by atoms with Crippen LogP contribution in [0.1, 0.15) is 6.92 Å². The van der Waals surface area contributed by atoms with E-state index in [0.29, 0.717) is 5.57 Å². The Labute approximate surface area is 69.9 Å². The molecule has 0 fully saturated rings. The van der Waals surface area contributed by atoms with Crippen molar-refractivity contribution >= 4 is 15.9 Å². The molecule has 1 unspecified atom stereocenters. The van der Waals surface area contributed by atoms with Crippen LogP contribution in [0.3, 0.4) is 0 Å². The van der Waals surface area contributed by atoms with Crippen LogP contribution in [0.4, 0.5) is 0 Å². The van der Waals surface area contributed by atoms with Crippen LogP contribution in [-0.4, -0.2) is 11.2 Å². The Kier molecular flexibility index (Phi) is 4.32. The summed E-state index contributed by atoms with van der Waals surface area (Å²) < 4.78 is 0.773. The second-order valence-corrected chi connectivity index (χ2v) is 3.05. The monoisotopic (exact) mass is 202 g/mol. The number of hydrogen-bond acceptors (Lipinski definition) is 1. The molecule has 0 rings (SSSR count). The molecule has 0 saturated carbocycles. The van der Waals surface area contributed by atoms with E-state index in [4.69, 9.17) is 5.11 Å². The Balaban J connectivity index is 3.90. The van der Waals surface area contributed by atoms with Crippen molar-refractivity contribution in [2.24, 2.45) is 0 Å². The quantitative estimate of drug-likeness (QED) is 0.698. The minimum absolute atomic E-state index is 0.483. The highest BCUT2D eigenvalue weighted by molar-refractivity contribution is 9.11. The molecule has 0 aliphatic rings. The van der Waals surface area contributed by atoms with Gasteiger partial charge >= 0.3 is 0 Å². The van der Waals surface area contributed by atoms with Crippen molar-refractivity contribution < 1.29 is 5.11 Å². The molecule has 0 aliphatic carbocycles. The van der Waals surface area contributed by atoms with Crippen molar-refractivity contribution in [3.63, 3.8) is 0 Å². The molecule has 1 atom stereocenters. The van der Waals surface area contributed by atoms with Gasteiger partial charge in [0.25, 0.3) is 0 Å². The van der Waals surface area contributed by atoms with Crippen LogP contribution in [-0.2, 0) is 0 Å². The molecular formula is C8H11BrO. The third-order valence-corrected chi connectivity index (χ3v) is 1.28. The summed E-state index contributed by atoms with van der Waals surface area (Å²) >= 11 is 3.15. The maximum absolute atomic E-state index is 8.94. The molecule has 0 aromatic carbocycles. The fraction of sp³-hybridized carbons (Fsp3) is 0.250. The third kappa shape index (κ3) is 4.53. The standard InChI is InChI=1S/C8H11BrO/c1-6(8(3)10)4-5-7(2)9/h4-5,8,10H,1-2H2,3H3/b5-4-. The summed E-state index contributed by atoms with van der Waals surface area (Å²) in [6.45, 7) is 8.89. The van der Waals surface area contributed by atoms with E-state index < -0.39 is 6.10 Å². The fourth-order valence-corrected chi connectivity index (χ4v) is 0.469. The smallest absolute Gasteiger partial charge is 0.0756 e. The minimum Gasteiger partial charge on any atom is -0.389 e. The first kappa shape index (κ1) is 9.66. The average Bonchev–Trinajstić information content (AvgIpc) is 1.82. The molecule has 1 nitrogen and oxygen atoms in total. The summed E-state index contributed by atoms with van der Waals surface area (Å²) in [6, 6.07) is 0. The zero-order chi connectivity index (χ0) is 8.15. The molecule has 56 valence electrons. The first-order chi connectivity index (χ1) is 4.54. The van der Waals surface area contributed by atoms with Crippen molar-refractivity contribution in [2.75, 3.05) is 0 Å². The largest absolute Gasteiger partial charge is 0.389 e. The van der Waals surface area contributed by atoms with Crippen molar-refractivity contribution in [1.29, 1.82) is 0 Å². The van der Waals surface area contributed by atoms with Gasteiger partial charge < -0.3 is 5.11 Å². The molecule has 0 aromatic heterocycles. The van der Waals surface area contributed by atoms with Gasteiger partial charge in [0.15, 0.2) is 0 Å². The molecule has 0 bridgehead atoms. The summed E-state index contributed by atoms with van der Waals surface area (Å²) in [6.07, 6.45) is 2.99. The van der Waals surface area contributed by atoms with E-state index in [2.05, 4.69) is 29.1 Å². The van der Waals surface area contributed by atoms with Gasteiger partial charge in [-0.15, -0.1) is 0 Å². The van der Waals surface area contributed by atoms with Gasteiger partial charge in [-0.2, -0.15) is 0 Å². The van der Waals surface area contributed by atoms with E-state index in [-0.39, 0.29) is 0 Å².